The first-order valence-electron chi connectivity index (χ1n) is 6.04. The average Bonchev–Trinajstić information content (AvgIpc) is 2.33. The van der Waals surface area contributed by atoms with Crippen LogP contribution in [-0.4, -0.2) is 0 Å². The lowest BCUT2D eigenvalue weighted by molar-refractivity contribution is 0.367. The summed E-state index contributed by atoms with van der Waals surface area (Å²) in [4.78, 5) is 0. The van der Waals surface area contributed by atoms with E-state index in [1.165, 1.54) is 6.07 Å². The van der Waals surface area contributed by atoms with Crippen LogP contribution in [0.4, 0.5) is 4.39 Å². The van der Waals surface area contributed by atoms with Crippen molar-refractivity contribution >= 4 is 11.6 Å². The largest absolute Gasteiger partial charge is 0.271 e. The van der Waals surface area contributed by atoms with Gasteiger partial charge in [0.1, 0.15) is 5.82 Å². The zero-order valence-electron chi connectivity index (χ0n) is 10.3. The Morgan fingerprint density at radius 3 is 2.47 bits per heavy atom. The maximum atomic E-state index is 13.8. The molecular formula is C13H20ClFN2. The highest BCUT2D eigenvalue weighted by Crippen LogP contribution is 2.31. The molecule has 1 unspecified atom stereocenters. The highest BCUT2D eigenvalue weighted by molar-refractivity contribution is 6.31. The molecular weight excluding hydrogens is 239 g/mol. The van der Waals surface area contributed by atoms with Crippen molar-refractivity contribution in [2.45, 2.75) is 39.2 Å². The van der Waals surface area contributed by atoms with Crippen LogP contribution in [0.3, 0.4) is 0 Å². The normalized spacial score (nSPS) is 13.1. The number of rotatable bonds is 6. The summed E-state index contributed by atoms with van der Waals surface area (Å²) in [6.07, 6.45) is 2.91. The second kappa shape index (κ2) is 6.94. The quantitative estimate of drug-likeness (QED) is 0.602. The van der Waals surface area contributed by atoms with Gasteiger partial charge in [0.15, 0.2) is 0 Å². The number of nitrogens with two attached hydrogens (primary N) is 1. The molecule has 0 saturated carbocycles. The third-order valence-electron chi connectivity index (χ3n) is 3.27. The van der Waals surface area contributed by atoms with Crippen molar-refractivity contribution in [2.75, 3.05) is 0 Å². The second-order valence-corrected chi connectivity index (χ2v) is 4.68. The van der Waals surface area contributed by atoms with Gasteiger partial charge in [0.25, 0.3) is 0 Å². The van der Waals surface area contributed by atoms with Crippen molar-refractivity contribution in [1.29, 1.82) is 0 Å². The minimum Gasteiger partial charge on any atom is -0.271 e. The summed E-state index contributed by atoms with van der Waals surface area (Å²) in [6.45, 7) is 4.26. The minimum atomic E-state index is -0.300. The first-order chi connectivity index (χ1) is 8.13. The molecule has 1 atom stereocenters. The van der Waals surface area contributed by atoms with Gasteiger partial charge < -0.3 is 0 Å². The maximum Gasteiger partial charge on any atom is 0.129 e. The summed E-state index contributed by atoms with van der Waals surface area (Å²) < 4.78 is 13.8. The summed E-state index contributed by atoms with van der Waals surface area (Å²) in [5.41, 5.74) is 3.15. The van der Waals surface area contributed by atoms with E-state index >= 15 is 0 Å². The SMILES string of the molecule is CCC(CC)CC(NN)c1c(F)cccc1Cl. The minimum absolute atomic E-state index is 0.228. The van der Waals surface area contributed by atoms with Gasteiger partial charge in [0.2, 0.25) is 0 Å². The van der Waals surface area contributed by atoms with Gasteiger partial charge >= 0.3 is 0 Å². The molecule has 3 N–H and O–H groups in total. The molecule has 0 amide bonds. The summed E-state index contributed by atoms with van der Waals surface area (Å²) >= 11 is 6.04. The van der Waals surface area contributed by atoms with Crippen molar-refractivity contribution < 1.29 is 4.39 Å². The van der Waals surface area contributed by atoms with Gasteiger partial charge in [-0.25, -0.2) is 4.39 Å². The number of benzene rings is 1. The van der Waals surface area contributed by atoms with Gasteiger partial charge in [-0.05, 0) is 24.5 Å². The van der Waals surface area contributed by atoms with Crippen LogP contribution in [-0.2, 0) is 0 Å². The number of halogens is 2. The van der Waals surface area contributed by atoms with E-state index in [1.54, 1.807) is 12.1 Å². The van der Waals surface area contributed by atoms with Crippen LogP contribution in [0.5, 0.6) is 0 Å². The Morgan fingerprint density at radius 1 is 1.35 bits per heavy atom. The fraction of sp³-hybridized carbons (Fsp3) is 0.538. The number of hydrogen-bond donors (Lipinski definition) is 2. The number of hydrazine groups is 1. The van der Waals surface area contributed by atoms with Crippen molar-refractivity contribution in [3.8, 4) is 0 Å². The maximum absolute atomic E-state index is 13.8. The van der Waals surface area contributed by atoms with Gasteiger partial charge in [-0.1, -0.05) is 44.4 Å². The summed E-state index contributed by atoms with van der Waals surface area (Å²) in [5.74, 6) is 5.75. The molecule has 0 aromatic heterocycles. The smallest absolute Gasteiger partial charge is 0.129 e. The summed E-state index contributed by atoms with van der Waals surface area (Å²) in [6, 6.07) is 4.48. The Balaban J connectivity index is 2.93. The van der Waals surface area contributed by atoms with Crippen LogP contribution in [0.25, 0.3) is 0 Å². The van der Waals surface area contributed by atoms with Crippen LogP contribution in [0, 0.1) is 11.7 Å². The predicted molar refractivity (Wildman–Crippen MR) is 70.2 cm³/mol. The summed E-state index contributed by atoms with van der Waals surface area (Å²) in [7, 11) is 0. The fourth-order valence-electron chi connectivity index (χ4n) is 2.07. The predicted octanol–water partition coefficient (Wildman–Crippen LogP) is 3.81. The number of nitrogens with one attached hydrogen (secondary N) is 1. The zero-order chi connectivity index (χ0) is 12.8. The molecule has 4 heteroatoms. The first-order valence-corrected chi connectivity index (χ1v) is 6.41. The zero-order valence-corrected chi connectivity index (χ0v) is 11.1. The van der Waals surface area contributed by atoms with E-state index in [9.17, 15) is 4.39 Å². The van der Waals surface area contributed by atoms with Crippen LogP contribution >= 0.6 is 11.6 Å². The second-order valence-electron chi connectivity index (χ2n) is 4.27. The molecule has 0 fully saturated rings. The molecule has 0 aliphatic heterocycles. The van der Waals surface area contributed by atoms with Gasteiger partial charge in [0, 0.05) is 10.6 Å². The molecule has 1 aromatic carbocycles. The molecule has 0 aliphatic carbocycles. The highest BCUT2D eigenvalue weighted by atomic mass is 35.5. The van der Waals surface area contributed by atoms with Gasteiger partial charge in [0.05, 0.1) is 6.04 Å². The Morgan fingerprint density at radius 2 is 2.00 bits per heavy atom. The molecule has 0 saturated heterocycles. The Bertz CT molecular complexity index is 333. The topological polar surface area (TPSA) is 38.0 Å². The van der Waals surface area contributed by atoms with Crippen LogP contribution in [0.2, 0.25) is 5.02 Å². The van der Waals surface area contributed by atoms with Crippen molar-refractivity contribution in [2.24, 2.45) is 11.8 Å². The highest BCUT2D eigenvalue weighted by Gasteiger charge is 2.20. The molecule has 0 radical (unpaired) electrons. The molecule has 0 heterocycles. The van der Waals surface area contributed by atoms with E-state index in [0.717, 1.165) is 19.3 Å². The van der Waals surface area contributed by atoms with Crippen molar-refractivity contribution in [3.63, 3.8) is 0 Å². The lowest BCUT2D eigenvalue weighted by atomic mass is 9.91. The molecule has 0 aliphatic rings. The molecule has 96 valence electrons. The lowest BCUT2D eigenvalue weighted by Crippen LogP contribution is -2.30. The van der Waals surface area contributed by atoms with E-state index in [1.807, 2.05) is 0 Å². The first kappa shape index (κ1) is 14.4. The monoisotopic (exact) mass is 258 g/mol. The van der Waals surface area contributed by atoms with E-state index in [4.69, 9.17) is 17.4 Å². The van der Waals surface area contributed by atoms with Crippen molar-refractivity contribution in [1.82, 2.24) is 5.43 Å². The molecule has 0 bridgehead atoms. The molecule has 1 rings (SSSR count). The molecule has 1 aromatic rings. The Hall–Kier alpha value is -0.640. The molecule has 2 nitrogen and oxygen atoms in total. The third kappa shape index (κ3) is 3.66. The van der Waals surface area contributed by atoms with Gasteiger partial charge in [-0.3, -0.25) is 11.3 Å². The van der Waals surface area contributed by atoms with E-state index in [-0.39, 0.29) is 11.9 Å². The standard InChI is InChI=1S/C13H20ClFN2/c1-3-9(4-2)8-12(17-16)13-10(14)6-5-7-11(13)15/h5-7,9,12,17H,3-4,8,16H2,1-2H3. The fourth-order valence-corrected chi connectivity index (χ4v) is 2.36. The van der Waals surface area contributed by atoms with E-state index < -0.39 is 0 Å². The van der Waals surface area contributed by atoms with Crippen molar-refractivity contribution in [3.05, 3.63) is 34.6 Å². The molecule has 17 heavy (non-hydrogen) atoms. The van der Waals surface area contributed by atoms with E-state index in [0.29, 0.717) is 16.5 Å². The molecule has 0 spiro atoms. The Kier molecular flexibility index (Phi) is 5.89. The van der Waals surface area contributed by atoms with Crippen LogP contribution < -0.4 is 11.3 Å². The Labute approximate surface area is 107 Å². The van der Waals surface area contributed by atoms with Crippen LogP contribution in [0.15, 0.2) is 18.2 Å². The number of hydrogen-bond acceptors (Lipinski definition) is 2. The lowest BCUT2D eigenvalue weighted by Gasteiger charge is -2.22. The third-order valence-corrected chi connectivity index (χ3v) is 3.60. The van der Waals surface area contributed by atoms with Gasteiger partial charge in [-0.15, -0.1) is 0 Å². The van der Waals surface area contributed by atoms with Gasteiger partial charge in [-0.2, -0.15) is 0 Å². The van der Waals surface area contributed by atoms with E-state index in [2.05, 4.69) is 19.3 Å². The summed E-state index contributed by atoms with van der Waals surface area (Å²) in [5, 5.41) is 0.430. The van der Waals surface area contributed by atoms with Crippen LogP contribution in [0.1, 0.15) is 44.7 Å². The average molecular weight is 259 g/mol.